The Morgan fingerprint density at radius 3 is 1.97 bits per heavy atom. The topological polar surface area (TPSA) is 89.5 Å². The van der Waals surface area contributed by atoms with Crippen LogP contribution < -0.4 is 0 Å². The van der Waals surface area contributed by atoms with Gasteiger partial charge in [-0.15, -0.1) is 0 Å². The minimum absolute atomic E-state index is 0.0481. The summed E-state index contributed by atoms with van der Waals surface area (Å²) in [4.78, 5) is 23.6. The van der Waals surface area contributed by atoms with Crippen LogP contribution in [0.4, 0.5) is 0 Å². The standard InChI is InChI=1S/C21H30O8/c1-2-17(22)24-12-7-18(23)27-19(15-13-25-20(28-15)8-3-4-9-20)16-14-26-21(29-16)10-5-6-11-21/h2,15-16,19H,1,3-14H2. The fourth-order valence-corrected chi connectivity index (χ4v) is 4.73. The van der Waals surface area contributed by atoms with Gasteiger partial charge in [-0.05, 0) is 25.7 Å². The zero-order valence-electron chi connectivity index (χ0n) is 16.8. The molecule has 0 radical (unpaired) electrons. The number of hydrogen-bond donors (Lipinski definition) is 0. The lowest BCUT2D eigenvalue weighted by Gasteiger charge is -2.30. The van der Waals surface area contributed by atoms with Crippen LogP contribution in [0.25, 0.3) is 0 Å². The second-order valence-corrected chi connectivity index (χ2v) is 8.25. The molecule has 2 unspecified atom stereocenters. The highest BCUT2D eigenvalue weighted by molar-refractivity contribution is 5.81. The van der Waals surface area contributed by atoms with Crippen LogP contribution in [0, 0.1) is 0 Å². The molecule has 0 aromatic carbocycles. The van der Waals surface area contributed by atoms with E-state index in [1.165, 1.54) is 0 Å². The summed E-state index contributed by atoms with van der Waals surface area (Å²) in [6.07, 6.45) is 7.26. The Morgan fingerprint density at radius 2 is 1.48 bits per heavy atom. The molecule has 2 spiro atoms. The molecule has 2 aliphatic carbocycles. The molecule has 0 bridgehead atoms. The summed E-state index contributed by atoms with van der Waals surface area (Å²) in [6, 6.07) is 0. The Labute approximate surface area is 170 Å². The second kappa shape index (κ2) is 8.71. The molecule has 8 heteroatoms. The van der Waals surface area contributed by atoms with Crippen molar-refractivity contribution < 1.29 is 38.0 Å². The van der Waals surface area contributed by atoms with E-state index in [0.29, 0.717) is 13.2 Å². The highest BCUT2D eigenvalue weighted by atomic mass is 16.8. The number of rotatable bonds is 7. The van der Waals surface area contributed by atoms with Crippen molar-refractivity contribution in [1.82, 2.24) is 0 Å². The molecule has 0 N–H and O–H groups in total. The van der Waals surface area contributed by atoms with Crippen molar-refractivity contribution in [2.75, 3.05) is 19.8 Å². The van der Waals surface area contributed by atoms with Gasteiger partial charge < -0.3 is 28.4 Å². The largest absolute Gasteiger partial charge is 0.462 e. The van der Waals surface area contributed by atoms with Crippen molar-refractivity contribution in [2.45, 2.75) is 87.7 Å². The van der Waals surface area contributed by atoms with E-state index in [4.69, 9.17) is 28.4 Å². The molecule has 4 fully saturated rings. The van der Waals surface area contributed by atoms with Gasteiger partial charge in [0.05, 0.1) is 19.6 Å². The van der Waals surface area contributed by atoms with Gasteiger partial charge in [0, 0.05) is 31.8 Å². The van der Waals surface area contributed by atoms with Crippen LogP contribution in [0.1, 0.15) is 57.8 Å². The van der Waals surface area contributed by atoms with Crippen LogP contribution in [0.3, 0.4) is 0 Å². The first-order valence-electron chi connectivity index (χ1n) is 10.7. The zero-order chi connectivity index (χ0) is 20.3. The zero-order valence-corrected chi connectivity index (χ0v) is 16.8. The number of esters is 2. The first-order valence-corrected chi connectivity index (χ1v) is 10.7. The summed E-state index contributed by atoms with van der Waals surface area (Å²) >= 11 is 0. The molecule has 4 rings (SSSR count). The van der Waals surface area contributed by atoms with Crippen molar-refractivity contribution in [3.05, 3.63) is 12.7 Å². The Kier molecular flexibility index (Phi) is 6.24. The molecule has 29 heavy (non-hydrogen) atoms. The summed E-state index contributed by atoms with van der Waals surface area (Å²) in [5.41, 5.74) is 0. The number of carbonyl (C=O) groups excluding carboxylic acids is 2. The third-order valence-corrected chi connectivity index (χ3v) is 6.20. The van der Waals surface area contributed by atoms with Gasteiger partial charge in [-0.2, -0.15) is 0 Å². The monoisotopic (exact) mass is 410 g/mol. The molecule has 2 saturated carbocycles. The van der Waals surface area contributed by atoms with Crippen LogP contribution in [-0.4, -0.2) is 61.6 Å². The molecule has 2 atom stereocenters. The SMILES string of the molecule is C=CC(=O)OCCC(=O)OC(C1COC2(CCCC2)O1)C1COC2(CCCC2)O1. The van der Waals surface area contributed by atoms with Crippen molar-refractivity contribution in [2.24, 2.45) is 0 Å². The first kappa shape index (κ1) is 20.8. The molecule has 4 aliphatic rings. The highest BCUT2D eigenvalue weighted by Gasteiger charge is 2.53. The van der Waals surface area contributed by atoms with Gasteiger partial charge in [0.2, 0.25) is 0 Å². The molecule has 162 valence electrons. The Bertz CT molecular complexity index is 586. The predicted molar refractivity (Wildman–Crippen MR) is 99.7 cm³/mol. The van der Waals surface area contributed by atoms with Crippen LogP contribution >= 0.6 is 0 Å². The van der Waals surface area contributed by atoms with E-state index >= 15 is 0 Å². The molecular weight excluding hydrogens is 380 g/mol. The van der Waals surface area contributed by atoms with Gasteiger partial charge in [0.25, 0.3) is 0 Å². The molecule has 2 heterocycles. The fourth-order valence-electron chi connectivity index (χ4n) is 4.73. The minimum Gasteiger partial charge on any atom is -0.462 e. The van der Waals surface area contributed by atoms with Crippen molar-refractivity contribution in [3.8, 4) is 0 Å². The van der Waals surface area contributed by atoms with Gasteiger partial charge in [0.15, 0.2) is 17.7 Å². The van der Waals surface area contributed by atoms with Gasteiger partial charge in [0.1, 0.15) is 18.8 Å². The molecule has 0 aromatic rings. The molecule has 2 saturated heterocycles. The van der Waals surface area contributed by atoms with Crippen molar-refractivity contribution >= 4 is 11.9 Å². The summed E-state index contributed by atoms with van der Waals surface area (Å²) in [7, 11) is 0. The lowest BCUT2D eigenvalue weighted by atomic mass is 10.1. The summed E-state index contributed by atoms with van der Waals surface area (Å²) in [5, 5.41) is 0. The van der Waals surface area contributed by atoms with E-state index in [-0.39, 0.29) is 13.0 Å². The fraction of sp³-hybridized carbons (Fsp3) is 0.810. The van der Waals surface area contributed by atoms with Gasteiger partial charge in [-0.25, -0.2) is 4.79 Å². The highest BCUT2D eigenvalue weighted by Crippen LogP contribution is 2.44. The second-order valence-electron chi connectivity index (χ2n) is 8.25. The maximum absolute atomic E-state index is 12.4. The van der Waals surface area contributed by atoms with E-state index in [1.807, 2.05) is 0 Å². The van der Waals surface area contributed by atoms with E-state index in [1.54, 1.807) is 0 Å². The Hall–Kier alpha value is -1.48. The van der Waals surface area contributed by atoms with Crippen LogP contribution in [0.15, 0.2) is 12.7 Å². The number of hydrogen-bond acceptors (Lipinski definition) is 8. The average molecular weight is 410 g/mol. The van der Waals surface area contributed by atoms with Crippen LogP contribution in [0.5, 0.6) is 0 Å². The van der Waals surface area contributed by atoms with E-state index in [2.05, 4.69) is 6.58 Å². The summed E-state index contributed by atoms with van der Waals surface area (Å²) in [6.45, 7) is 3.98. The lowest BCUT2D eigenvalue weighted by molar-refractivity contribution is -0.207. The molecule has 8 nitrogen and oxygen atoms in total. The molecule has 0 aromatic heterocycles. The third-order valence-electron chi connectivity index (χ3n) is 6.20. The quantitative estimate of drug-likeness (QED) is 0.467. The normalized spacial score (nSPS) is 30.6. The van der Waals surface area contributed by atoms with Crippen molar-refractivity contribution in [1.29, 1.82) is 0 Å². The first-order chi connectivity index (χ1) is 14.0. The molecule has 2 aliphatic heterocycles. The summed E-state index contributed by atoms with van der Waals surface area (Å²) < 4.78 is 35.2. The molecular formula is C21H30O8. The van der Waals surface area contributed by atoms with E-state index in [9.17, 15) is 9.59 Å². The van der Waals surface area contributed by atoms with Gasteiger partial charge in [-0.1, -0.05) is 6.58 Å². The third kappa shape index (κ3) is 4.66. The molecule has 0 amide bonds. The lowest BCUT2D eigenvalue weighted by Crippen LogP contribution is -2.45. The Morgan fingerprint density at radius 1 is 0.966 bits per heavy atom. The summed E-state index contributed by atoms with van der Waals surface area (Å²) in [5.74, 6) is -2.15. The van der Waals surface area contributed by atoms with E-state index < -0.39 is 41.8 Å². The number of carbonyl (C=O) groups is 2. The Balaban J connectivity index is 1.39. The van der Waals surface area contributed by atoms with E-state index in [0.717, 1.165) is 57.4 Å². The maximum atomic E-state index is 12.4. The minimum atomic E-state index is -0.627. The van der Waals surface area contributed by atoms with Crippen molar-refractivity contribution in [3.63, 3.8) is 0 Å². The predicted octanol–water partition coefficient (Wildman–Crippen LogP) is 2.39. The van der Waals surface area contributed by atoms with Gasteiger partial charge >= 0.3 is 11.9 Å². The number of ether oxygens (including phenoxy) is 6. The van der Waals surface area contributed by atoms with Crippen LogP contribution in [-0.2, 0) is 38.0 Å². The maximum Gasteiger partial charge on any atom is 0.330 e. The smallest absolute Gasteiger partial charge is 0.330 e. The van der Waals surface area contributed by atoms with Crippen LogP contribution in [0.2, 0.25) is 0 Å². The van der Waals surface area contributed by atoms with Gasteiger partial charge in [-0.3, -0.25) is 4.79 Å². The average Bonchev–Trinajstić information content (AvgIpc) is 3.52.